The molecule has 1 saturated heterocycles. The topological polar surface area (TPSA) is 62.5 Å². The van der Waals surface area contributed by atoms with Crippen molar-refractivity contribution in [2.75, 3.05) is 38.1 Å². The summed E-state index contributed by atoms with van der Waals surface area (Å²) in [6.45, 7) is 4.04. The van der Waals surface area contributed by atoms with Gasteiger partial charge in [0.15, 0.2) is 5.65 Å². The molecule has 5 heterocycles. The highest BCUT2D eigenvalue weighted by Gasteiger charge is 2.20. The number of anilines is 1. The van der Waals surface area contributed by atoms with Gasteiger partial charge < -0.3 is 9.80 Å². The fraction of sp³-hybridized carbons (Fsp3) is 0.217. The molecule has 0 amide bonds. The van der Waals surface area contributed by atoms with Gasteiger partial charge in [-0.3, -0.25) is 4.98 Å². The average Bonchev–Trinajstić information content (AvgIpc) is 3.43. The third-order valence-electron chi connectivity index (χ3n) is 5.85. The standard InChI is InChI=1S/C23H21N7S/c1-28-10-12-29(13-11-28)21-5-4-20-26-22(17-2-3-18-19(14-17)31-15-25-18)23(30(20)27-21)16-6-8-24-9-7-16/h2-9,14-15H,10-13H2,1H3. The number of aromatic nitrogens is 5. The molecule has 0 atom stereocenters. The first-order valence-corrected chi connectivity index (χ1v) is 11.2. The minimum absolute atomic E-state index is 0.837. The molecular formula is C23H21N7S. The van der Waals surface area contributed by atoms with Crippen LogP contribution < -0.4 is 4.90 Å². The lowest BCUT2D eigenvalue weighted by molar-refractivity contribution is 0.311. The van der Waals surface area contributed by atoms with Crippen molar-refractivity contribution in [1.82, 2.24) is 29.5 Å². The normalized spacial score (nSPS) is 15.2. The Morgan fingerprint density at radius 2 is 1.74 bits per heavy atom. The van der Waals surface area contributed by atoms with Crippen LogP contribution in [0.2, 0.25) is 0 Å². The molecule has 1 aromatic carbocycles. The SMILES string of the molecule is CN1CCN(c2ccc3nc(-c4ccc5ncsc5c4)c(-c4ccncc4)n3n2)CC1. The Balaban J connectivity index is 1.54. The Kier molecular flexibility index (Phi) is 4.40. The fourth-order valence-corrected chi connectivity index (χ4v) is 4.82. The molecule has 7 nitrogen and oxygen atoms in total. The van der Waals surface area contributed by atoms with Crippen molar-refractivity contribution in [2.24, 2.45) is 0 Å². The molecule has 0 radical (unpaired) electrons. The van der Waals surface area contributed by atoms with Crippen LogP contribution in [-0.4, -0.2) is 62.7 Å². The van der Waals surface area contributed by atoms with Crippen LogP contribution in [0.4, 0.5) is 5.82 Å². The molecule has 0 aliphatic carbocycles. The van der Waals surface area contributed by atoms with Crippen molar-refractivity contribution in [3.8, 4) is 22.5 Å². The minimum atomic E-state index is 0.837. The van der Waals surface area contributed by atoms with E-state index in [0.29, 0.717) is 0 Å². The van der Waals surface area contributed by atoms with E-state index in [2.05, 4.69) is 57.1 Å². The summed E-state index contributed by atoms with van der Waals surface area (Å²) in [7, 11) is 2.16. The first-order valence-electron chi connectivity index (χ1n) is 10.3. The predicted octanol–water partition coefficient (Wildman–Crippen LogP) is 3.82. The molecule has 1 aliphatic heterocycles. The zero-order valence-corrected chi connectivity index (χ0v) is 18.0. The van der Waals surface area contributed by atoms with Gasteiger partial charge >= 0.3 is 0 Å². The summed E-state index contributed by atoms with van der Waals surface area (Å²) in [4.78, 5) is 18.3. The molecule has 8 heteroatoms. The second-order valence-corrected chi connectivity index (χ2v) is 8.72. The van der Waals surface area contributed by atoms with E-state index in [1.807, 2.05) is 34.6 Å². The zero-order valence-electron chi connectivity index (χ0n) is 17.1. The summed E-state index contributed by atoms with van der Waals surface area (Å²) in [6, 6.07) is 14.5. The number of piperazine rings is 1. The van der Waals surface area contributed by atoms with Crippen molar-refractivity contribution in [3.63, 3.8) is 0 Å². The van der Waals surface area contributed by atoms with Crippen LogP contribution in [0, 0.1) is 0 Å². The summed E-state index contributed by atoms with van der Waals surface area (Å²) in [5, 5.41) is 5.03. The van der Waals surface area contributed by atoms with Crippen molar-refractivity contribution < 1.29 is 0 Å². The number of rotatable bonds is 3. The third-order valence-corrected chi connectivity index (χ3v) is 6.64. The monoisotopic (exact) mass is 427 g/mol. The zero-order chi connectivity index (χ0) is 20.8. The first-order chi connectivity index (χ1) is 15.3. The Morgan fingerprint density at radius 1 is 0.903 bits per heavy atom. The van der Waals surface area contributed by atoms with Crippen LogP contribution in [0.3, 0.4) is 0 Å². The Bertz CT molecular complexity index is 1370. The molecule has 0 bridgehead atoms. The molecule has 6 rings (SSSR count). The van der Waals surface area contributed by atoms with Crippen molar-refractivity contribution in [3.05, 3.63) is 60.4 Å². The lowest BCUT2D eigenvalue weighted by Gasteiger charge is -2.33. The van der Waals surface area contributed by atoms with Crippen LogP contribution >= 0.6 is 11.3 Å². The van der Waals surface area contributed by atoms with Crippen molar-refractivity contribution in [2.45, 2.75) is 0 Å². The van der Waals surface area contributed by atoms with Gasteiger partial charge in [-0.05, 0) is 43.4 Å². The van der Waals surface area contributed by atoms with Gasteiger partial charge in [-0.2, -0.15) is 0 Å². The van der Waals surface area contributed by atoms with E-state index < -0.39 is 0 Å². The van der Waals surface area contributed by atoms with Gasteiger partial charge in [0.05, 0.1) is 21.4 Å². The molecule has 1 aliphatic rings. The number of fused-ring (bicyclic) bond motifs is 2. The van der Waals surface area contributed by atoms with Gasteiger partial charge in [-0.25, -0.2) is 14.5 Å². The molecule has 154 valence electrons. The molecule has 0 saturated carbocycles. The number of thiazole rings is 1. The lowest BCUT2D eigenvalue weighted by atomic mass is 10.1. The molecule has 0 N–H and O–H groups in total. The van der Waals surface area contributed by atoms with E-state index in [-0.39, 0.29) is 0 Å². The van der Waals surface area contributed by atoms with E-state index in [1.165, 1.54) is 0 Å². The van der Waals surface area contributed by atoms with Gasteiger partial charge in [-0.1, -0.05) is 6.07 Å². The molecule has 4 aromatic heterocycles. The largest absolute Gasteiger partial charge is 0.353 e. The number of likely N-dealkylation sites (N-methyl/N-ethyl adjacent to an activating group) is 1. The summed E-state index contributed by atoms with van der Waals surface area (Å²) in [5.41, 5.74) is 7.75. The lowest BCUT2D eigenvalue weighted by Crippen LogP contribution is -2.44. The average molecular weight is 428 g/mol. The van der Waals surface area contributed by atoms with Crippen molar-refractivity contribution in [1.29, 1.82) is 0 Å². The number of hydrogen-bond donors (Lipinski definition) is 0. The Morgan fingerprint density at radius 3 is 2.58 bits per heavy atom. The van der Waals surface area contributed by atoms with Crippen LogP contribution in [0.1, 0.15) is 0 Å². The summed E-state index contributed by atoms with van der Waals surface area (Å²) in [5.74, 6) is 0.984. The van der Waals surface area contributed by atoms with E-state index in [1.54, 1.807) is 11.3 Å². The van der Waals surface area contributed by atoms with Gasteiger partial charge in [0.1, 0.15) is 11.5 Å². The van der Waals surface area contributed by atoms with E-state index in [0.717, 1.165) is 70.4 Å². The maximum Gasteiger partial charge on any atom is 0.155 e. The van der Waals surface area contributed by atoms with Gasteiger partial charge in [0, 0.05) is 49.7 Å². The number of imidazole rings is 1. The number of pyridine rings is 1. The fourth-order valence-electron chi connectivity index (χ4n) is 4.10. The highest BCUT2D eigenvalue weighted by molar-refractivity contribution is 7.16. The molecule has 5 aromatic rings. The van der Waals surface area contributed by atoms with E-state index >= 15 is 0 Å². The quantitative estimate of drug-likeness (QED) is 0.436. The van der Waals surface area contributed by atoms with Crippen LogP contribution in [0.25, 0.3) is 38.4 Å². The molecule has 0 spiro atoms. The van der Waals surface area contributed by atoms with E-state index in [4.69, 9.17) is 10.1 Å². The Labute approximate surface area is 183 Å². The highest BCUT2D eigenvalue weighted by atomic mass is 32.1. The summed E-state index contributed by atoms with van der Waals surface area (Å²) >= 11 is 1.64. The molecule has 31 heavy (non-hydrogen) atoms. The van der Waals surface area contributed by atoms with Crippen LogP contribution in [0.5, 0.6) is 0 Å². The summed E-state index contributed by atoms with van der Waals surface area (Å²) < 4.78 is 3.14. The van der Waals surface area contributed by atoms with Gasteiger partial charge in [0.25, 0.3) is 0 Å². The number of nitrogens with zero attached hydrogens (tertiary/aromatic N) is 7. The van der Waals surface area contributed by atoms with Crippen LogP contribution in [-0.2, 0) is 0 Å². The number of benzene rings is 1. The Hall–Kier alpha value is -3.36. The predicted molar refractivity (Wildman–Crippen MR) is 125 cm³/mol. The van der Waals surface area contributed by atoms with Gasteiger partial charge in [-0.15, -0.1) is 16.4 Å². The third kappa shape index (κ3) is 3.24. The second-order valence-electron chi connectivity index (χ2n) is 7.83. The highest BCUT2D eigenvalue weighted by Crippen LogP contribution is 2.34. The first kappa shape index (κ1) is 18.4. The maximum atomic E-state index is 5.03. The van der Waals surface area contributed by atoms with Crippen molar-refractivity contribution >= 4 is 33.0 Å². The molecule has 0 unspecified atom stereocenters. The second kappa shape index (κ2) is 7.40. The van der Waals surface area contributed by atoms with Gasteiger partial charge in [0.2, 0.25) is 0 Å². The molecular weight excluding hydrogens is 406 g/mol. The molecule has 1 fully saturated rings. The van der Waals surface area contributed by atoms with E-state index in [9.17, 15) is 0 Å². The maximum absolute atomic E-state index is 5.03. The summed E-state index contributed by atoms with van der Waals surface area (Å²) in [6.07, 6.45) is 3.63. The smallest absolute Gasteiger partial charge is 0.155 e. The number of hydrogen-bond acceptors (Lipinski definition) is 7. The minimum Gasteiger partial charge on any atom is -0.353 e. The van der Waals surface area contributed by atoms with Crippen LogP contribution in [0.15, 0.2) is 60.4 Å².